The molecule has 0 spiro atoms. The fraction of sp³-hybridized carbons (Fsp3) is 0.333. The van der Waals surface area contributed by atoms with Crippen LogP contribution in [0.25, 0.3) is 0 Å². The maximum atomic E-state index is 12.2. The average molecular weight is 314 g/mol. The Bertz CT molecular complexity index is 670. The summed E-state index contributed by atoms with van der Waals surface area (Å²) in [6.45, 7) is 3.30. The van der Waals surface area contributed by atoms with Crippen LogP contribution in [0, 0.1) is 5.92 Å². The fourth-order valence-corrected chi connectivity index (χ4v) is 3.17. The Morgan fingerprint density at radius 2 is 1.76 bits per heavy atom. The van der Waals surface area contributed by atoms with Gasteiger partial charge in [-0.2, -0.15) is 4.72 Å². The number of hydrogen-bond donors (Lipinski definition) is 4. The minimum absolute atomic E-state index is 0.0850. The zero-order valence-corrected chi connectivity index (χ0v) is 12.5. The molecule has 2 amide bonds. The first kappa shape index (κ1) is 16.9. The molecule has 21 heavy (non-hydrogen) atoms. The van der Waals surface area contributed by atoms with E-state index in [-0.39, 0.29) is 22.1 Å². The van der Waals surface area contributed by atoms with E-state index in [2.05, 4.69) is 4.72 Å². The smallest absolute Gasteiger partial charge is 0.248 e. The van der Waals surface area contributed by atoms with Crippen LogP contribution < -0.4 is 21.9 Å². The number of hydrogen-bond acceptors (Lipinski definition) is 5. The normalized spacial score (nSPS) is 13.1. The van der Waals surface area contributed by atoms with Crippen molar-refractivity contribution in [3.05, 3.63) is 23.8 Å². The Balaban J connectivity index is 3.19. The molecule has 0 radical (unpaired) electrons. The second-order valence-corrected chi connectivity index (χ2v) is 6.54. The molecular formula is C12H18N4O4S. The predicted octanol–water partition coefficient (Wildman–Crippen LogP) is -0.844. The standard InChI is InChI=1S/C12H18N4O4S/c1-6(2)10(12(15)18)16-21(19,20)9-4-3-7(11(14)17)5-8(9)13/h3-6,10,16H,13H2,1-2H3,(H2,14,17)(H2,15,18). The average Bonchev–Trinajstić information content (AvgIpc) is 2.34. The van der Waals surface area contributed by atoms with Crippen LogP contribution in [0.15, 0.2) is 23.1 Å². The zero-order chi connectivity index (χ0) is 16.4. The highest BCUT2D eigenvalue weighted by Gasteiger charge is 2.28. The summed E-state index contributed by atoms with van der Waals surface area (Å²) in [7, 11) is -4.05. The molecule has 0 heterocycles. The highest BCUT2D eigenvalue weighted by Crippen LogP contribution is 2.20. The molecule has 116 valence electrons. The quantitative estimate of drug-likeness (QED) is 0.503. The second-order valence-electron chi connectivity index (χ2n) is 4.86. The van der Waals surface area contributed by atoms with Crippen molar-refractivity contribution in [2.24, 2.45) is 17.4 Å². The first-order chi connectivity index (χ1) is 9.56. The molecule has 0 bridgehead atoms. The predicted molar refractivity (Wildman–Crippen MR) is 77.5 cm³/mol. The van der Waals surface area contributed by atoms with E-state index in [0.29, 0.717) is 0 Å². The molecule has 0 saturated heterocycles. The van der Waals surface area contributed by atoms with Crippen LogP contribution in [0.2, 0.25) is 0 Å². The van der Waals surface area contributed by atoms with E-state index in [1.165, 1.54) is 6.07 Å². The molecule has 1 atom stereocenters. The number of carbonyl (C=O) groups is 2. The van der Waals surface area contributed by atoms with Gasteiger partial charge in [0.1, 0.15) is 10.9 Å². The van der Waals surface area contributed by atoms with Crippen molar-refractivity contribution in [1.82, 2.24) is 4.72 Å². The lowest BCUT2D eigenvalue weighted by atomic mass is 10.1. The van der Waals surface area contributed by atoms with E-state index in [4.69, 9.17) is 17.2 Å². The van der Waals surface area contributed by atoms with Gasteiger partial charge >= 0.3 is 0 Å². The van der Waals surface area contributed by atoms with Gasteiger partial charge in [-0.25, -0.2) is 8.42 Å². The van der Waals surface area contributed by atoms with Gasteiger partial charge in [-0.1, -0.05) is 13.8 Å². The maximum absolute atomic E-state index is 12.2. The van der Waals surface area contributed by atoms with E-state index < -0.39 is 27.9 Å². The van der Waals surface area contributed by atoms with Crippen molar-refractivity contribution in [2.45, 2.75) is 24.8 Å². The third kappa shape index (κ3) is 3.92. The van der Waals surface area contributed by atoms with Gasteiger partial charge in [0.25, 0.3) is 0 Å². The minimum Gasteiger partial charge on any atom is -0.398 e. The third-order valence-corrected chi connectivity index (χ3v) is 4.35. The molecule has 8 nitrogen and oxygen atoms in total. The van der Waals surface area contributed by atoms with Gasteiger partial charge in [-0.15, -0.1) is 0 Å². The molecule has 1 unspecified atom stereocenters. The van der Waals surface area contributed by atoms with E-state index >= 15 is 0 Å². The van der Waals surface area contributed by atoms with E-state index in [9.17, 15) is 18.0 Å². The van der Waals surface area contributed by atoms with Crippen molar-refractivity contribution < 1.29 is 18.0 Å². The van der Waals surface area contributed by atoms with Gasteiger partial charge in [0.2, 0.25) is 21.8 Å². The lowest BCUT2D eigenvalue weighted by Gasteiger charge is -2.19. The SMILES string of the molecule is CC(C)C(NS(=O)(=O)c1ccc(C(N)=O)cc1N)C(N)=O. The number of primary amides is 2. The summed E-state index contributed by atoms with van der Waals surface area (Å²) in [6, 6.07) is 2.48. The molecule has 1 rings (SSSR count). The molecule has 0 fully saturated rings. The molecule has 1 aromatic rings. The summed E-state index contributed by atoms with van der Waals surface area (Å²) in [4.78, 5) is 22.0. The number of carbonyl (C=O) groups excluding carboxylic acids is 2. The van der Waals surface area contributed by atoms with Gasteiger partial charge in [-0.3, -0.25) is 9.59 Å². The molecule has 0 aromatic heterocycles. The van der Waals surface area contributed by atoms with Gasteiger partial charge in [-0.05, 0) is 24.1 Å². The molecular weight excluding hydrogens is 296 g/mol. The molecule has 0 aliphatic heterocycles. The molecule has 1 aromatic carbocycles. The number of rotatable bonds is 6. The van der Waals surface area contributed by atoms with Crippen LogP contribution in [0.3, 0.4) is 0 Å². The van der Waals surface area contributed by atoms with Gasteiger partial charge in [0, 0.05) is 5.56 Å². The Kier molecular flexibility index (Phi) is 4.92. The van der Waals surface area contributed by atoms with Gasteiger partial charge in [0.15, 0.2) is 0 Å². The third-order valence-electron chi connectivity index (χ3n) is 2.84. The summed E-state index contributed by atoms with van der Waals surface area (Å²) in [6.07, 6.45) is 0. The zero-order valence-electron chi connectivity index (χ0n) is 11.7. The van der Waals surface area contributed by atoms with Crippen LogP contribution >= 0.6 is 0 Å². The van der Waals surface area contributed by atoms with E-state index in [1.807, 2.05) is 0 Å². The largest absolute Gasteiger partial charge is 0.398 e. The number of anilines is 1. The lowest BCUT2D eigenvalue weighted by Crippen LogP contribution is -2.47. The minimum atomic E-state index is -4.05. The Morgan fingerprint density at radius 1 is 1.19 bits per heavy atom. The molecule has 0 saturated carbocycles. The van der Waals surface area contributed by atoms with Crippen molar-refractivity contribution in [2.75, 3.05) is 5.73 Å². The summed E-state index contributed by atoms with van der Waals surface area (Å²) in [5.74, 6) is -1.85. The first-order valence-electron chi connectivity index (χ1n) is 6.07. The van der Waals surface area contributed by atoms with Gasteiger partial charge < -0.3 is 17.2 Å². The van der Waals surface area contributed by atoms with Crippen LogP contribution in [0.4, 0.5) is 5.69 Å². The summed E-state index contributed by atoms with van der Waals surface area (Å²) >= 11 is 0. The molecule has 0 aliphatic carbocycles. The lowest BCUT2D eigenvalue weighted by molar-refractivity contribution is -0.120. The first-order valence-corrected chi connectivity index (χ1v) is 7.55. The topological polar surface area (TPSA) is 158 Å². The summed E-state index contributed by atoms with van der Waals surface area (Å²) in [5, 5.41) is 0. The second kappa shape index (κ2) is 6.10. The Morgan fingerprint density at radius 3 is 2.14 bits per heavy atom. The molecule has 0 aliphatic rings. The monoisotopic (exact) mass is 314 g/mol. The number of nitrogen functional groups attached to an aromatic ring is 1. The number of amides is 2. The Hall–Kier alpha value is -2.13. The fourth-order valence-electron chi connectivity index (χ4n) is 1.70. The van der Waals surface area contributed by atoms with Crippen LogP contribution in [0.5, 0.6) is 0 Å². The Labute approximate surface area is 122 Å². The van der Waals surface area contributed by atoms with Crippen molar-refractivity contribution in [3.63, 3.8) is 0 Å². The highest BCUT2D eigenvalue weighted by atomic mass is 32.2. The number of sulfonamides is 1. The number of nitrogens with one attached hydrogen (secondary N) is 1. The van der Waals surface area contributed by atoms with Crippen LogP contribution in [-0.2, 0) is 14.8 Å². The van der Waals surface area contributed by atoms with Crippen molar-refractivity contribution in [1.29, 1.82) is 0 Å². The van der Waals surface area contributed by atoms with Crippen molar-refractivity contribution in [3.8, 4) is 0 Å². The van der Waals surface area contributed by atoms with Crippen LogP contribution in [-0.4, -0.2) is 26.3 Å². The van der Waals surface area contributed by atoms with Crippen molar-refractivity contribution >= 4 is 27.5 Å². The molecule has 7 N–H and O–H groups in total. The maximum Gasteiger partial charge on any atom is 0.248 e. The van der Waals surface area contributed by atoms with E-state index in [1.54, 1.807) is 13.8 Å². The van der Waals surface area contributed by atoms with Crippen LogP contribution in [0.1, 0.15) is 24.2 Å². The number of nitrogens with two attached hydrogens (primary N) is 3. The van der Waals surface area contributed by atoms with E-state index in [0.717, 1.165) is 12.1 Å². The summed E-state index contributed by atoms with van der Waals surface area (Å²) in [5.41, 5.74) is 15.8. The highest BCUT2D eigenvalue weighted by molar-refractivity contribution is 7.89. The number of benzene rings is 1. The van der Waals surface area contributed by atoms with Gasteiger partial charge in [0.05, 0.1) is 5.69 Å². The molecule has 9 heteroatoms. The summed E-state index contributed by atoms with van der Waals surface area (Å²) < 4.78 is 26.7.